The molecule has 0 aliphatic rings. The molecule has 26 heavy (non-hydrogen) atoms. The Bertz CT molecular complexity index is 1050. The second-order valence-electron chi connectivity index (χ2n) is 5.84. The number of amides is 2. The molecule has 7 heteroatoms. The highest BCUT2D eigenvalue weighted by Crippen LogP contribution is 2.26. The molecule has 0 radical (unpaired) electrons. The van der Waals surface area contributed by atoms with Crippen molar-refractivity contribution in [2.45, 2.75) is 6.92 Å². The van der Waals surface area contributed by atoms with Gasteiger partial charge >= 0.3 is 6.03 Å². The Hall–Kier alpha value is -3.61. The largest absolute Gasteiger partial charge is 0.338 e. The minimum absolute atomic E-state index is 0.215. The zero-order valence-corrected chi connectivity index (χ0v) is 14.2. The van der Waals surface area contributed by atoms with Gasteiger partial charge in [-0.15, -0.1) is 0 Å². The first-order valence-corrected chi connectivity index (χ1v) is 8.36. The van der Waals surface area contributed by atoms with Gasteiger partial charge in [0.05, 0.1) is 18.1 Å². The summed E-state index contributed by atoms with van der Waals surface area (Å²) in [5, 5.41) is 12.4. The van der Waals surface area contributed by atoms with Gasteiger partial charge in [0.15, 0.2) is 0 Å². The Morgan fingerprint density at radius 2 is 2.08 bits per heavy atom. The molecule has 3 heterocycles. The third kappa shape index (κ3) is 3.02. The van der Waals surface area contributed by atoms with Crippen molar-refractivity contribution in [3.05, 3.63) is 61.2 Å². The lowest BCUT2D eigenvalue weighted by molar-refractivity contribution is 0.252. The molecule has 7 nitrogen and oxygen atoms in total. The van der Waals surface area contributed by atoms with Gasteiger partial charge in [-0.1, -0.05) is 12.1 Å². The van der Waals surface area contributed by atoms with Gasteiger partial charge in [-0.25, -0.2) is 9.78 Å². The number of anilines is 1. The van der Waals surface area contributed by atoms with Crippen molar-refractivity contribution in [3.8, 4) is 22.4 Å². The summed E-state index contributed by atoms with van der Waals surface area (Å²) in [4.78, 5) is 16.2. The number of pyridine rings is 1. The summed E-state index contributed by atoms with van der Waals surface area (Å²) >= 11 is 0. The molecule has 0 atom stereocenters. The molecule has 0 unspecified atom stereocenters. The molecule has 3 aromatic heterocycles. The van der Waals surface area contributed by atoms with Crippen LogP contribution in [0, 0.1) is 0 Å². The number of benzene rings is 1. The van der Waals surface area contributed by atoms with Crippen molar-refractivity contribution in [2.75, 3.05) is 11.9 Å². The van der Waals surface area contributed by atoms with Crippen LogP contribution in [0.1, 0.15) is 6.92 Å². The van der Waals surface area contributed by atoms with E-state index in [1.54, 1.807) is 6.20 Å². The van der Waals surface area contributed by atoms with E-state index in [-0.39, 0.29) is 6.03 Å². The van der Waals surface area contributed by atoms with Crippen LogP contribution in [0.15, 0.2) is 61.2 Å². The molecule has 0 spiro atoms. The van der Waals surface area contributed by atoms with Crippen molar-refractivity contribution >= 4 is 17.4 Å². The Morgan fingerprint density at radius 1 is 1.15 bits per heavy atom. The fourth-order valence-electron chi connectivity index (χ4n) is 2.87. The second-order valence-corrected chi connectivity index (χ2v) is 5.84. The molecule has 0 aliphatic carbocycles. The Balaban J connectivity index is 1.68. The quantitative estimate of drug-likeness (QED) is 0.528. The van der Waals surface area contributed by atoms with E-state index in [0.29, 0.717) is 6.54 Å². The fraction of sp³-hybridized carbons (Fsp3) is 0.105. The number of fused-ring (bicyclic) bond motifs is 1. The van der Waals surface area contributed by atoms with E-state index in [1.165, 1.54) is 0 Å². The number of hydrogen-bond acceptors (Lipinski definition) is 3. The van der Waals surface area contributed by atoms with Gasteiger partial charge in [-0.2, -0.15) is 5.10 Å². The molecule has 4 aromatic rings. The molecule has 0 bridgehead atoms. The van der Waals surface area contributed by atoms with E-state index in [1.807, 2.05) is 66.3 Å². The Morgan fingerprint density at radius 3 is 2.88 bits per heavy atom. The van der Waals surface area contributed by atoms with Crippen molar-refractivity contribution in [3.63, 3.8) is 0 Å². The number of carbonyl (C=O) groups is 1. The predicted octanol–water partition coefficient (Wildman–Crippen LogP) is 3.53. The zero-order valence-electron chi connectivity index (χ0n) is 14.2. The number of aromatic nitrogens is 4. The van der Waals surface area contributed by atoms with Crippen molar-refractivity contribution in [2.24, 2.45) is 0 Å². The molecular formula is C19H18N6O. The van der Waals surface area contributed by atoms with Gasteiger partial charge < -0.3 is 10.6 Å². The lowest BCUT2D eigenvalue weighted by atomic mass is 10.1. The second kappa shape index (κ2) is 6.72. The van der Waals surface area contributed by atoms with Crippen LogP contribution in [0.4, 0.5) is 10.5 Å². The third-order valence-corrected chi connectivity index (χ3v) is 4.10. The number of nitrogens with zero attached hydrogens (tertiary/aromatic N) is 3. The molecule has 1 aromatic carbocycles. The minimum atomic E-state index is -0.215. The summed E-state index contributed by atoms with van der Waals surface area (Å²) in [6, 6.07) is 11.5. The maximum Gasteiger partial charge on any atom is 0.319 e. The molecule has 0 fully saturated rings. The fourth-order valence-corrected chi connectivity index (χ4v) is 2.87. The highest BCUT2D eigenvalue weighted by atomic mass is 16.2. The maximum atomic E-state index is 11.7. The van der Waals surface area contributed by atoms with E-state index in [9.17, 15) is 4.79 Å². The number of aromatic amines is 1. The number of imidazole rings is 1. The molecule has 4 rings (SSSR count). The van der Waals surface area contributed by atoms with Gasteiger partial charge in [0.2, 0.25) is 0 Å². The first-order valence-electron chi connectivity index (χ1n) is 8.36. The van der Waals surface area contributed by atoms with Crippen molar-refractivity contribution in [1.29, 1.82) is 0 Å². The van der Waals surface area contributed by atoms with Gasteiger partial charge in [0.1, 0.15) is 5.65 Å². The number of hydrogen-bond donors (Lipinski definition) is 3. The van der Waals surface area contributed by atoms with Crippen LogP contribution in [0.3, 0.4) is 0 Å². The first-order chi connectivity index (χ1) is 12.7. The molecule has 0 saturated heterocycles. The molecule has 2 amide bonds. The van der Waals surface area contributed by atoms with Gasteiger partial charge in [0, 0.05) is 35.8 Å². The van der Waals surface area contributed by atoms with E-state index < -0.39 is 0 Å². The van der Waals surface area contributed by atoms with E-state index in [0.717, 1.165) is 33.7 Å². The Labute approximate surface area is 150 Å². The van der Waals surface area contributed by atoms with E-state index in [4.69, 9.17) is 0 Å². The van der Waals surface area contributed by atoms with Crippen molar-refractivity contribution < 1.29 is 4.79 Å². The monoisotopic (exact) mass is 346 g/mol. The molecule has 0 aliphatic heterocycles. The van der Waals surface area contributed by atoms with Crippen LogP contribution in [-0.4, -0.2) is 32.2 Å². The van der Waals surface area contributed by atoms with Crippen LogP contribution in [-0.2, 0) is 0 Å². The van der Waals surface area contributed by atoms with Crippen LogP contribution in [0.25, 0.3) is 28.0 Å². The highest BCUT2D eigenvalue weighted by Gasteiger charge is 2.09. The molecule has 130 valence electrons. The summed E-state index contributed by atoms with van der Waals surface area (Å²) < 4.78 is 2.02. The van der Waals surface area contributed by atoms with Crippen LogP contribution >= 0.6 is 0 Å². The lowest BCUT2D eigenvalue weighted by Gasteiger charge is -2.08. The van der Waals surface area contributed by atoms with Crippen LogP contribution in [0.5, 0.6) is 0 Å². The smallest absolute Gasteiger partial charge is 0.319 e. The zero-order chi connectivity index (χ0) is 17.9. The Kier molecular flexibility index (Phi) is 4.10. The van der Waals surface area contributed by atoms with Crippen LogP contribution < -0.4 is 10.6 Å². The summed E-state index contributed by atoms with van der Waals surface area (Å²) in [5.74, 6) is 0. The lowest BCUT2D eigenvalue weighted by Crippen LogP contribution is -2.28. The molecule has 0 saturated carbocycles. The van der Waals surface area contributed by atoms with Crippen molar-refractivity contribution in [1.82, 2.24) is 24.9 Å². The van der Waals surface area contributed by atoms with E-state index in [2.05, 4.69) is 25.8 Å². The summed E-state index contributed by atoms with van der Waals surface area (Å²) in [6.45, 7) is 2.46. The third-order valence-electron chi connectivity index (χ3n) is 4.10. The number of nitrogens with one attached hydrogen (secondary N) is 3. The number of rotatable bonds is 4. The molecular weight excluding hydrogens is 328 g/mol. The topological polar surface area (TPSA) is 87.1 Å². The minimum Gasteiger partial charge on any atom is -0.338 e. The normalized spacial score (nSPS) is 10.8. The standard InChI is InChI=1S/C19H18N6O/c1-2-20-19(26)24-16-5-3-4-14(8-16)17-12-21-18-9-13(6-7-25(17)18)15-10-22-23-11-15/h3-12H,2H2,1H3,(H,22,23)(H2,20,24,26). The van der Waals surface area contributed by atoms with Crippen LogP contribution in [0.2, 0.25) is 0 Å². The average Bonchev–Trinajstić information content (AvgIpc) is 3.31. The van der Waals surface area contributed by atoms with E-state index >= 15 is 0 Å². The number of urea groups is 1. The average molecular weight is 346 g/mol. The number of H-pyrrole nitrogens is 1. The van der Waals surface area contributed by atoms with Gasteiger partial charge in [-0.05, 0) is 36.8 Å². The number of carbonyl (C=O) groups excluding carboxylic acids is 1. The summed E-state index contributed by atoms with van der Waals surface area (Å²) in [7, 11) is 0. The van der Waals surface area contributed by atoms with Gasteiger partial charge in [0.25, 0.3) is 0 Å². The SMILES string of the molecule is CCNC(=O)Nc1cccc(-c2cnc3cc(-c4cn[nH]c4)ccn23)c1. The van der Waals surface area contributed by atoms with Gasteiger partial charge in [-0.3, -0.25) is 9.50 Å². The highest BCUT2D eigenvalue weighted by molar-refractivity contribution is 5.90. The summed E-state index contributed by atoms with van der Waals surface area (Å²) in [6.07, 6.45) is 7.46. The predicted molar refractivity (Wildman–Crippen MR) is 101 cm³/mol. The summed E-state index contributed by atoms with van der Waals surface area (Å²) in [5.41, 5.74) is 5.58. The maximum absolute atomic E-state index is 11.7. The first kappa shape index (κ1) is 15.9. The molecule has 3 N–H and O–H groups in total.